The molecule has 1 atom stereocenters. The molecule has 3 aliphatic rings. The number of carbonyl (C=O) groups is 5. The van der Waals surface area contributed by atoms with Crippen molar-refractivity contribution in [3.8, 4) is 0 Å². The number of hydrogen-bond acceptors (Lipinski definition) is 7. The van der Waals surface area contributed by atoms with Crippen LogP contribution >= 0.6 is 11.8 Å². The average Bonchev–Trinajstić information content (AvgIpc) is 3.30. The van der Waals surface area contributed by atoms with Crippen molar-refractivity contribution in [2.24, 2.45) is 5.41 Å². The lowest BCUT2D eigenvalue weighted by Crippen LogP contribution is -2.33. The van der Waals surface area contributed by atoms with Crippen molar-refractivity contribution in [2.45, 2.75) is 76.4 Å². The number of likely N-dealkylation sites (tertiary alicyclic amines) is 1. The first-order valence-electron chi connectivity index (χ1n) is 10.4. The zero-order chi connectivity index (χ0) is 21.0. The minimum atomic E-state index is -0.599. The Kier molecular flexibility index (Phi) is 6.97. The number of carbonyl (C=O) groups excluding carboxylic acids is 5. The monoisotopic (exact) mass is 424 g/mol. The molecule has 160 valence electrons. The number of nitrogens with zero attached hydrogens (tertiary/aromatic N) is 2. The van der Waals surface area contributed by atoms with Gasteiger partial charge in [-0.25, -0.2) is 4.79 Å². The van der Waals surface area contributed by atoms with Gasteiger partial charge in [0, 0.05) is 31.6 Å². The fraction of sp³-hybridized carbons (Fsp3) is 0.750. The van der Waals surface area contributed by atoms with E-state index < -0.39 is 17.8 Å². The molecule has 0 bridgehead atoms. The van der Waals surface area contributed by atoms with Gasteiger partial charge in [-0.05, 0) is 24.7 Å². The van der Waals surface area contributed by atoms with E-state index in [1.807, 2.05) is 0 Å². The molecule has 1 saturated carbocycles. The second-order valence-electron chi connectivity index (χ2n) is 8.17. The van der Waals surface area contributed by atoms with Gasteiger partial charge in [-0.1, -0.05) is 26.2 Å². The van der Waals surface area contributed by atoms with Crippen LogP contribution in [-0.2, 0) is 28.8 Å². The molecular formula is C20H28N2O6S. The predicted octanol–water partition coefficient (Wildman–Crippen LogP) is 2.20. The Bertz CT molecular complexity index is 689. The van der Waals surface area contributed by atoms with Crippen LogP contribution in [0.2, 0.25) is 0 Å². The summed E-state index contributed by atoms with van der Waals surface area (Å²) in [5.74, 6) is -1.23. The van der Waals surface area contributed by atoms with E-state index >= 15 is 0 Å². The standard InChI is InChI=1S/C20H28N2O6S/c1-2-3-4-5-10-21-17(25)11-14(19(21)27)29-13-20(8-9-20)12-18(26)28-22-15(23)6-7-16(22)24/h14H,2-13H2,1H3. The highest BCUT2D eigenvalue weighted by atomic mass is 32.2. The molecule has 0 aromatic heterocycles. The molecule has 3 rings (SSSR count). The third-order valence-corrected chi connectivity index (χ3v) is 7.25. The lowest BCUT2D eigenvalue weighted by Gasteiger charge is -2.18. The highest BCUT2D eigenvalue weighted by Gasteiger charge is 2.48. The van der Waals surface area contributed by atoms with Crippen LogP contribution in [0, 0.1) is 5.41 Å². The number of imide groups is 2. The quantitative estimate of drug-likeness (QED) is 0.370. The van der Waals surface area contributed by atoms with Gasteiger partial charge in [0.25, 0.3) is 11.8 Å². The Hall–Kier alpha value is -1.90. The van der Waals surface area contributed by atoms with Gasteiger partial charge in [-0.3, -0.25) is 24.1 Å². The van der Waals surface area contributed by atoms with E-state index in [-0.39, 0.29) is 48.2 Å². The third kappa shape index (κ3) is 5.38. The Morgan fingerprint density at radius 1 is 1.07 bits per heavy atom. The van der Waals surface area contributed by atoms with Crippen LogP contribution in [0.15, 0.2) is 0 Å². The van der Waals surface area contributed by atoms with Crippen LogP contribution in [0.3, 0.4) is 0 Å². The number of rotatable bonds is 11. The van der Waals surface area contributed by atoms with Gasteiger partial charge >= 0.3 is 5.97 Å². The van der Waals surface area contributed by atoms with E-state index in [1.54, 1.807) is 0 Å². The number of amides is 4. The maximum absolute atomic E-state index is 12.6. The maximum atomic E-state index is 12.6. The van der Waals surface area contributed by atoms with Crippen molar-refractivity contribution in [3.05, 3.63) is 0 Å². The average molecular weight is 425 g/mol. The molecule has 0 N–H and O–H groups in total. The van der Waals surface area contributed by atoms with Crippen LogP contribution in [0.4, 0.5) is 0 Å². The smallest absolute Gasteiger partial charge is 0.330 e. The normalized spacial score (nSPS) is 23.3. The SMILES string of the molecule is CCCCCCN1C(=O)CC(SCC2(CC(=O)ON3C(=O)CCC3=O)CC2)C1=O. The van der Waals surface area contributed by atoms with Crippen molar-refractivity contribution >= 4 is 41.4 Å². The van der Waals surface area contributed by atoms with Gasteiger partial charge in [0.1, 0.15) is 0 Å². The Balaban J connectivity index is 1.44. The van der Waals surface area contributed by atoms with Gasteiger partial charge in [-0.15, -0.1) is 16.8 Å². The minimum absolute atomic E-state index is 0.0693. The van der Waals surface area contributed by atoms with Crippen LogP contribution in [0.25, 0.3) is 0 Å². The highest BCUT2D eigenvalue weighted by Crippen LogP contribution is 2.52. The molecule has 2 heterocycles. The molecule has 3 fully saturated rings. The summed E-state index contributed by atoms with van der Waals surface area (Å²) in [5.41, 5.74) is -0.272. The second-order valence-corrected chi connectivity index (χ2v) is 9.36. The van der Waals surface area contributed by atoms with Crippen molar-refractivity contribution in [1.82, 2.24) is 9.96 Å². The Morgan fingerprint density at radius 3 is 2.38 bits per heavy atom. The van der Waals surface area contributed by atoms with Gasteiger partial charge in [0.15, 0.2) is 0 Å². The first-order valence-corrected chi connectivity index (χ1v) is 11.4. The van der Waals surface area contributed by atoms with Gasteiger partial charge < -0.3 is 4.84 Å². The zero-order valence-electron chi connectivity index (χ0n) is 16.8. The molecule has 0 aromatic rings. The highest BCUT2D eigenvalue weighted by molar-refractivity contribution is 8.00. The zero-order valence-corrected chi connectivity index (χ0v) is 17.6. The summed E-state index contributed by atoms with van der Waals surface area (Å²) < 4.78 is 0. The van der Waals surface area contributed by atoms with E-state index in [0.29, 0.717) is 17.4 Å². The molecule has 1 aliphatic carbocycles. The molecule has 0 spiro atoms. The van der Waals surface area contributed by atoms with Crippen LogP contribution in [0.5, 0.6) is 0 Å². The fourth-order valence-corrected chi connectivity index (χ4v) is 5.11. The molecule has 2 aliphatic heterocycles. The summed E-state index contributed by atoms with van der Waals surface area (Å²) in [6.45, 7) is 2.60. The number of hydroxylamine groups is 2. The van der Waals surface area contributed by atoms with E-state index in [1.165, 1.54) is 16.7 Å². The number of thioether (sulfide) groups is 1. The number of unbranched alkanes of at least 4 members (excludes halogenated alkanes) is 3. The minimum Gasteiger partial charge on any atom is -0.330 e. The summed E-state index contributed by atoms with van der Waals surface area (Å²) in [7, 11) is 0. The lowest BCUT2D eigenvalue weighted by atomic mass is 10.1. The van der Waals surface area contributed by atoms with Crippen LogP contribution in [-0.4, -0.2) is 57.1 Å². The van der Waals surface area contributed by atoms with Crippen molar-refractivity contribution < 1.29 is 28.8 Å². The largest absolute Gasteiger partial charge is 0.333 e. The van der Waals surface area contributed by atoms with E-state index in [4.69, 9.17) is 4.84 Å². The molecule has 0 aromatic carbocycles. The Morgan fingerprint density at radius 2 is 1.76 bits per heavy atom. The molecule has 1 unspecified atom stereocenters. The van der Waals surface area contributed by atoms with Crippen molar-refractivity contribution in [3.63, 3.8) is 0 Å². The van der Waals surface area contributed by atoms with Crippen LogP contribution < -0.4 is 0 Å². The summed E-state index contributed by atoms with van der Waals surface area (Å²) in [5, 5.41) is 0.185. The van der Waals surface area contributed by atoms with Crippen molar-refractivity contribution in [1.29, 1.82) is 0 Å². The van der Waals surface area contributed by atoms with E-state index in [2.05, 4.69) is 6.92 Å². The molecule has 4 amide bonds. The maximum Gasteiger partial charge on any atom is 0.333 e. The third-order valence-electron chi connectivity index (χ3n) is 5.70. The second kappa shape index (κ2) is 9.28. The number of hydrogen-bond donors (Lipinski definition) is 0. The molecular weight excluding hydrogens is 396 g/mol. The summed E-state index contributed by atoms with van der Waals surface area (Å²) in [6, 6.07) is 0. The molecule has 2 saturated heterocycles. The molecule has 9 heteroatoms. The van der Waals surface area contributed by atoms with E-state index in [9.17, 15) is 24.0 Å². The predicted molar refractivity (Wildman–Crippen MR) is 105 cm³/mol. The first-order chi connectivity index (χ1) is 13.8. The molecule has 29 heavy (non-hydrogen) atoms. The lowest BCUT2D eigenvalue weighted by molar-refractivity contribution is -0.198. The summed E-state index contributed by atoms with van der Waals surface area (Å²) >= 11 is 1.43. The molecule has 8 nitrogen and oxygen atoms in total. The van der Waals surface area contributed by atoms with Gasteiger partial charge in [-0.2, -0.15) is 0 Å². The van der Waals surface area contributed by atoms with Crippen LogP contribution in [0.1, 0.15) is 71.1 Å². The first kappa shape index (κ1) is 21.8. The fourth-order valence-electron chi connectivity index (χ4n) is 3.64. The summed E-state index contributed by atoms with van der Waals surface area (Å²) in [4.78, 5) is 66.4. The summed E-state index contributed by atoms with van der Waals surface area (Å²) in [6.07, 6.45) is 6.16. The van der Waals surface area contributed by atoms with Crippen molar-refractivity contribution in [2.75, 3.05) is 12.3 Å². The van der Waals surface area contributed by atoms with Gasteiger partial charge in [0.05, 0.1) is 11.7 Å². The Labute approximate surface area is 174 Å². The molecule has 0 radical (unpaired) electrons. The van der Waals surface area contributed by atoms with E-state index in [0.717, 1.165) is 38.5 Å². The van der Waals surface area contributed by atoms with Gasteiger partial charge in [0.2, 0.25) is 11.8 Å². The topological polar surface area (TPSA) is 101 Å².